The van der Waals surface area contributed by atoms with Crippen molar-refractivity contribution in [3.05, 3.63) is 65.6 Å². The second-order valence-electron chi connectivity index (χ2n) is 8.03. The number of benzene rings is 1. The van der Waals surface area contributed by atoms with Gasteiger partial charge in [0.05, 0.1) is 11.3 Å². The Morgan fingerprint density at radius 2 is 1.94 bits per heavy atom. The van der Waals surface area contributed by atoms with Crippen molar-refractivity contribution >= 4 is 36.4 Å². The minimum Gasteiger partial charge on any atom is -0.486 e. The van der Waals surface area contributed by atoms with Crippen molar-refractivity contribution in [2.24, 2.45) is 0 Å². The highest BCUT2D eigenvalue weighted by molar-refractivity contribution is 5.97. The van der Waals surface area contributed by atoms with E-state index in [4.69, 9.17) is 4.74 Å². The van der Waals surface area contributed by atoms with E-state index < -0.39 is 0 Å². The molecule has 1 amide bonds. The van der Waals surface area contributed by atoms with Crippen molar-refractivity contribution in [1.29, 1.82) is 0 Å². The van der Waals surface area contributed by atoms with Crippen molar-refractivity contribution in [2.45, 2.75) is 44.9 Å². The first-order valence-corrected chi connectivity index (χ1v) is 10.4. The minimum absolute atomic E-state index is 0. The summed E-state index contributed by atoms with van der Waals surface area (Å²) in [5, 5.41) is 3.46. The third-order valence-electron chi connectivity index (χ3n) is 6.11. The quantitative estimate of drug-likeness (QED) is 0.635. The Morgan fingerprint density at radius 3 is 2.77 bits per heavy atom. The van der Waals surface area contributed by atoms with Gasteiger partial charge in [-0.15, -0.1) is 24.8 Å². The van der Waals surface area contributed by atoms with E-state index >= 15 is 0 Å². The van der Waals surface area contributed by atoms with Crippen LogP contribution >= 0.6 is 24.8 Å². The van der Waals surface area contributed by atoms with E-state index in [-0.39, 0.29) is 36.8 Å². The van der Waals surface area contributed by atoms with Gasteiger partial charge in [0, 0.05) is 31.0 Å². The minimum atomic E-state index is 0. The number of nitrogens with one attached hydrogen (secondary N) is 1. The average Bonchev–Trinajstić information content (AvgIpc) is 3.26. The van der Waals surface area contributed by atoms with E-state index in [0.717, 1.165) is 49.3 Å². The molecule has 2 aliphatic heterocycles. The predicted octanol–water partition coefficient (Wildman–Crippen LogP) is 4.03. The molecule has 2 fully saturated rings. The largest absolute Gasteiger partial charge is 0.486 e. The third kappa shape index (κ3) is 4.52. The molecule has 2 saturated heterocycles. The molecular weight excluding hydrogens is 435 g/mol. The number of aromatic nitrogens is 2. The predicted molar refractivity (Wildman–Crippen MR) is 126 cm³/mol. The summed E-state index contributed by atoms with van der Waals surface area (Å²) in [6.07, 6.45) is 7.16. The van der Waals surface area contributed by atoms with Gasteiger partial charge in [-0.3, -0.25) is 4.79 Å². The van der Waals surface area contributed by atoms with Crippen LogP contribution in [0.15, 0.2) is 48.8 Å². The molecule has 166 valence electrons. The molecule has 5 rings (SSSR count). The Morgan fingerprint density at radius 1 is 1.13 bits per heavy atom. The Labute approximate surface area is 194 Å². The molecule has 1 aromatic carbocycles. The van der Waals surface area contributed by atoms with Crippen LogP contribution in [0.25, 0.3) is 5.65 Å². The number of fused-ring (bicyclic) bond motifs is 3. The van der Waals surface area contributed by atoms with Crippen LogP contribution in [0.5, 0.6) is 5.75 Å². The van der Waals surface area contributed by atoms with Crippen LogP contribution in [0.3, 0.4) is 0 Å². The number of pyridine rings is 1. The van der Waals surface area contributed by atoms with Crippen LogP contribution < -0.4 is 10.1 Å². The fourth-order valence-electron chi connectivity index (χ4n) is 4.65. The second-order valence-corrected chi connectivity index (χ2v) is 8.03. The van der Waals surface area contributed by atoms with Crippen molar-refractivity contribution in [3.63, 3.8) is 0 Å². The highest BCUT2D eigenvalue weighted by Crippen LogP contribution is 2.32. The lowest BCUT2D eigenvalue weighted by molar-refractivity contribution is 0.0675. The van der Waals surface area contributed by atoms with Gasteiger partial charge in [0.2, 0.25) is 0 Å². The van der Waals surface area contributed by atoms with E-state index in [0.29, 0.717) is 24.0 Å². The molecule has 6 nitrogen and oxygen atoms in total. The summed E-state index contributed by atoms with van der Waals surface area (Å²) in [7, 11) is 0. The normalized spacial score (nSPS) is 20.0. The van der Waals surface area contributed by atoms with Crippen molar-refractivity contribution in [1.82, 2.24) is 19.6 Å². The Hall–Kier alpha value is -2.28. The summed E-state index contributed by atoms with van der Waals surface area (Å²) >= 11 is 0. The Balaban J connectivity index is 0.00000136. The first-order valence-electron chi connectivity index (χ1n) is 10.4. The van der Waals surface area contributed by atoms with Gasteiger partial charge in [0.25, 0.3) is 5.91 Å². The number of aryl methyl sites for hydroxylation is 1. The topological polar surface area (TPSA) is 58.9 Å². The van der Waals surface area contributed by atoms with Crippen LogP contribution in [0.4, 0.5) is 0 Å². The maximum atomic E-state index is 13.4. The SMILES string of the molecule is Cc1cccn2cc(COc3ccccc3C(=O)N3C4CCNCC3CC4)nc12.Cl.Cl. The number of amides is 1. The van der Waals surface area contributed by atoms with Gasteiger partial charge >= 0.3 is 0 Å². The summed E-state index contributed by atoms with van der Waals surface area (Å²) in [4.78, 5) is 20.2. The standard InChI is InChI=1S/C23H26N4O2.2ClH/c1-16-5-4-12-26-14-17(25-22(16)26)15-29-21-7-3-2-6-20(21)23(28)27-18-8-9-19(27)13-24-11-10-18;;/h2-7,12,14,18-19,24H,8-11,13,15H2,1H3;2*1H. The maximum Gasteiger partial charge on any atom is 0.258 e. The first kappa shape index (κ1) is 23.4. The average molecular weight is 463 g/mol. The van der Waals surface area contributed by atoms with E-state index in [9.17, 15) is 4.79 Å². The first-order chi connectivity index (χ1) is 14.2. The number of nitrogens with zero attached hydrogens (tertiary/aromatic N) is 3. The molecule has 2 aromatic heterocycles. The van der Waals surface area contributed by atoms with Gasteiger partial charge in [-0.2, -0.15) is 0 Å². The van der Waals surface area contributed by atoms with E-state index in [1.165, 1.54) is 0 Å². The van der Waals surface area contributed by atoms with E-state index in [1.807, 2.05) is 60.1 Å². The zero-order valence-corrected chi connectivity index (χ0v) is 19.1. The van der Waals surface area contributed by atoms with Crippen LogP contribution in [0, 0.1) is 6.92 Å². The van der Waals surface area contributed by atoms with Crippen LogP contribution in [-0.2, 0) is 6.61 Å². The maximum absolute atomic E-state index is 13.4. The van der Waals surface area contributed by atoms with Gasteiger partial charge in [-0.05, 0) is 56.5 Å². The fourth-order valence-corrected chi connectivity index (χ4v) is 4.65. The zero-order chi connectivity index (χ0) is 19.8. The number of hydrogen-bond acceptors (Lipinski definition) is 4. The third-order valence-corrected chi connectivity index (χ3v) is 6.11. The van der Waals surface area contributed by atoms with Gasteiger partial charge in [-0.25, -0.2) is 4.98 Å². The van der Waals surface area contributed by atoms with E-state index in [1.54, 1.807) is 0 Å². The van der Waals surface area contributed by atoms with E-state index in [2.05, 4.69) is 15.2 Å². The molecule has 4 heterocycles. The number of imidazole rings is 1. The number of halogens is 2. The summed E-state index contributed by atoms with van der Waals surface area (Å²) < 4.78 is 8.09. The second kappa shape index (κ2) is 9.90. The summed E-state index contributed by atoms with van der Waals surface area (Å²) in [6.45, 7) is 4.24. The molecule has 0 spiro atoms. The van der Waals surface area contributed by atoms with Gasteiger partial charge in [-0.1, -0.05) is 18.2 Å². The molecule has 0 saturated carbocycles. The Kier molecular flexibility index (Phi) is 7.46. The number of carbonyl (C=O) groups is 1. The number of para-hydroxylation sites is 1. The summed E-state index contributed by atoms with van der Waals surface area (Å²) in [5.74, 6) is 0.713. The zero-order valence-electron chi connectivity index (χ0n) is 17.5. The highest BCUT2D eigenvalue weighted by Gasteiger charge is 2.39. The highest BCUT2D eigenvalue weighted by atomic mass is 35.5. The van der Waals surface area contributed by atoms with Gasteiger partial charge in [0.1, 0.15) is 18.0 Å². The van der Waals surface area contributed by atoms with Crippen molar-refractivity contribution in [2.75, 3.05) is 13.1 Å². The fraction of sp³-hybridized carbons (Fsp3) is 0.391. The van der Waals surface area contributed by atoms with Gasteiger partial charge < -0.3 is 19.4 Å². The number of rotatable bonds is 4. The summed E-state index contributed by atoms with van der Waals surface area (Å²) in [6, 6.07) is 12.2. The Bertz CT molecular complexity index is 1040. The molecule has 3 aromatic rings. The molecule has 2 atom stereocenters. The monoisotopic (exact) mass is 462 g/mol. The molecule has 2 unspecified atom stereocenters. The van der Waals surface area contributed by atoms with Crippen molar-refractivity contribution in [3.8, 4) is 5.75 Å². The molecule has 0 radical (unpaired) electrons. The van der Waals surface area contributed by atoms with Crippen LogP contribution in [0.2, 0.25) is 0 Å². The molecule has 31 heavy (non-hydrogen) atoms. The number of ether oxygens (including phenoxy) is 1. The lowest BCUT2D eigenvalue weighted by atomic mass is 10.1. The molecule has 2 bridgehead atoms. The molecular formula is C23H28Cl2N4O2. The van der Waals surface area contributed by atoms with Gasteiger partial charge in [0.15, 0.2) is 0 Å². The summed E-state index contributed by atoms with van der Waals surface area (Å²) in [5.41, 5.74) is 3.55. The lowest BCUT2D eigenvalue weighted by Crippen LogP contribution is -2.42. The number of carbonyl (C=O) groups excluding carboxylic acids is 1. The molecule has 2 aliphatic rings. The lowest BCUT2D eigenvalue weighted by Gasteiger charge is -2.28. The smallest absolute Gasteiger partial charge is 0.258 e. The van der Waals surface area contributed by atoms with Crippen LogP contribution in [-0.4, -0.2) is 45.4 Å². The molecule has 1 N–H and O–H groups in total. The van der Waals surface area contributed by atoms with Crippen molar-refractivity contribution < 1.29 is 9.53 Å². The number of hydrogen-bond donors (Lipinski definition) is 1. The molecule has 8 heteroatoms. The van der Waals surface area contributed by atoms with Crippen LogP contribution in [0.1, 0.15) is 40.9 Å². The molecule has 0 aliphatic carbocycles.